The second-order valence-corrected chi connectivity index (χ2v) is 10.3. The summed E-state index contributed by atoms with van der Waals surface area (Å²) in [5, 5.41) is 45.7. The van der Waals surface area contributed by atoms with Crippen molar-refractivity contribution in [3.8, 4) is 0 Å². The maximum atomic E-state index is 12.8. The number of aromatic nitrogens is 2. The Kier molecular flexibility index (Phi) is 9.65. The van der Waals surface area contributed by atoms with Crippen LogP contribution in [0.2, 0.25) is 0 Å². The third-order valence-electron chi connectivity index (χ3n) is 6.14. The zero-order valence-electron chi connectivity index (χ0n) is 21.0. The summed E-state index contributed by atoms with van der Waals surface area (Å²) in [6, 6.07) is 0.559. The SMILES string of the molecule is CNc1ccn(C2OC(COP(=O)(O)OC3(C(=O)O)CC(O)C(NC(C)O)C(C)O3)[C@@H](OC)[C@H]2O)c(=O)n1. The summed E-state index contributed by atoms with van der Waals surface area (Å²) in [6.07, 6.45) is -8.02. The molecule has 0 amide bonds. The van der Waals surface area contributed by atoms with Crippen molar-refractivity contribution in [2.45, 2.75) is 75.1 Å². The third-order valence-corrected chi connectivity index (χ3v) is 7.14. The second-order valence-electron chi connectivity index (χ2n) is 8.89. The lowest BCUT2D eigenvalue weighted by Crippen LogP contribution is -2.63. The second kappa shape index (κ2) is 12.0. The summed E-state index contributed by atoms with van der Waals surface area (Å²) < 4.78 is 39.9. The number of nitrogens with zero attached hydrogens (tertiary/aromatic N) is 2. The van der Waals surface area contributed by atoms with Crippen molar-refractivity contribution in [1.29, 1.82) is 0 Å². The van der Waals surface area contributed by atoms with Crippen molar-refractivity contribution >= 4 is 19.6 Å². The van der Waals surface area contributed by atoms with E-state index in [0.717, 1.165) is 4.57 Å². The minimum Gasteiger partial charge on any atom is -0.477 e. The zero-order chi connectivity index (χ0) is 28.4. The third kappa shape index (κ3) is 6.57. The molecule has 2 fully saturated rings. The largest absolute Gasteiger partial charge is 0.477 e. The number of hydrogen-bond donors (Lipinski definition) is 7. The summed E-state index contributed by atoms with van der Waals surface area (Å²) in [4.78, 5) is 38.5. The molecule has 2 aliphatic rings. The van der Waals surface area contributed by atoms with Crippen molar-refractivity contribution in [1.82, 2.24) is 14.9 Å². The Balaban J connectivity index is 1.72. The highest BCUT2D eigenvalue weighted by Crippen LogP contribution is 2.51. The van der Waals surface area contributed by atoms with E-state index < -0.39 is 87.3 Å². The van der Waals surface area contributed by atoms with Gasteiger partial charge in [0, 0.05) is 26.8 Å². The molecule has 3 heterocycles. The number of rotatable bonds is 11. The lowest BCUT2D eigenvalue weighted by molar-refractivity contribution is -0.268. The maximum absolute atomic E-state index is 12.8. The molecule has 216 valence electrons. The van der Waals surface area contributed by atoms with Gasteiger partial charge in [-0.2, -0.15) is 4.98 Å². The first-order chi connectivity index (χ1) is 17.7. The van der Waals surface area contributed by atoms with Crippen molar-refractivity contribution in [3.05, 3.63) is 22.7 Å². The van der Waals surface area contributed by atoms with E-state index in [1.165, 1.54) is 33.2 Å². The number of ether oxygens (including phenoxy) is 3. The molecule has 0 spiro atoms. The number of carboxylic acids is 1. The quantitative estimate of drug-likeness (QED) is 0.112. The number of carbonyl (C=O) groups is 1. The maximum Gasteiger partial charge on any atom is 0.475 e. The van der Waals surface area contributed by atoms with Crippen LogP contribution in [-0.4, -0.2) is 110 Å². The topological polar surface area (TPSA) is 240 Å². The summed E-state index contributed by atoms with van der Waals surface area (Å²) in [7, 11) is -2.39. The fourth-order valence-electron chi connectivity index (χ4n) is 4.40. The molecule has 2 aliphatic heterocycles. The van der Waals surface area contributed by atoms with Crippen LogP contribution in [0.1, 0.15) is 26.5 Å². The number of phosphoric ester groups is 1. The van der Waals surface area contributed by atoms with Crippen LogP contribution in [0, 0.1) is 0 Å². The van der Waals surface area contributed by atoms with E-state index in [0.29, 0.717) is 0 Å². The summed E-state index contributed by atoms with van der Waals surface area (Å²) in [6.45, 7) is 2.04. The molecular weight excluding hydrogens is 535 g/mol. The summed E-state index contributed by atoms with van der Waals surface area (Å²) >= 11 is 0. The van der Waals surface area contributed by atoms with Crippen LogP contribution < -0.4 is 16.3 Å². The highest BCUT2D eigenvalue weighted by Gasteiger charge is 2.56. The van der Waals surface area contributed by atoms with Crippen LogP contribution in [-0.2, 0) is 32.6 Å². The Hall–Kier alpha value is -2.02. The van der Waals surface area contributed by atoms with Crippen molar-refractivity contribution < 1.29 is 57.9 Å². The molecule has 7 N–H and O–H groups in total. The fraction of sp³-hybridized carbons (Fsp3) is 0.750. The van der Waals surface area contributed by atoms with E-state index in [1.54, 1.807) is 7.05 Å². The number of methoxy groups -OCH3 is 1. The van der Waals surface area contributed by atoms with E-state index >= 15 is 0 Å². The van der Waals surface area contributed by atoms with E-state index in [-0.39, 0.29) is 5.82 Å². The summed E-state index contributed by atoms with van der Waals surface area (Å²) in [5.74, 6) is -4.27. The molecular formula is C20H33N4O13P. The number of aliphatic hydroxyl groups is 3. The average Bonchev–Trinajstić information content (AvgIpc) is 3.14. The van der Waals surface area contributed by atoms with Gasteiger partial charge in [-0.1, -0.05) is 0 Å². The van der Waals surface area contributed by atoms with Crippen LogP contribution in [0.5, 0.6) is 0 Å². The van der Waals surface area contributed by atoms with Gasteiger partial charge in [-0.3, -0.25) is 14.4 Å². The number of aliphatic hydroxyl groups excluding tert-OH is 3. The molecule has 0 aliphatic carbocycles. The Labute approximate surface area is 216 Å². The Bertz CT molecular complexity index is 1080. The standard InChI is InChI=1S/C20H33N4O13P/c1-9-14(22-10(2)25)11(26)7-20(36-9,18(28)29)37-38(31,32)34-8-12-16(33-4)15(27)17(35-12)24-6-5-13(21-3)23-19(24)30/h5-6,9-12,14-17,22,25-27H,7-8H2,1-4H3,(H,28,29)(H,31,32)(H,21,23,30)/t9?,10?,11?,12?,14?,15-,16-,17?,20?/m1/s1. The Morgan fingerprint density at radius 3 is 2.63 bits per heavy atom. The molecule has 17 nitrogen and oxygen atoms in total. The van der Waals surface area contributed by atoms with Crippen molar-refractivity contribution in [3.63, 3.8) is 0 Å². The number of hydrogen-bond acceptors (Lipinski definition) is 14. The molecule has 1 aromatic rings. The van der Waals surface area contributed by atoms with Crippen LogP contribution >= 0.6 is 7.82 Å². The van der Waals surface area contributed by atoms with Gasteiger partial charge in [0.25, 0.3) is 5.79 Å². The number of carboxylic acid groups (broad SMARTS) is 1. The molecule has 0 bridgehead atoms. The van der Waals surface area contributed by atoms with E-state index in [9.17, 15) is 39.5 Å². The first-order valence-corrected chi connectivity index (χ1v) is 13.1. The first-order valence-electron chi connectivity index (χ1n) is 11.6. The predicted octanol–water partition coefficient (Wildman–Crippen LogP) is -2.06. The average molecular weight is 568 g/mol. The molecule has 18 heteroatoms. The molecule has 0 saturated carbocycles. The van der Waals surface area contributed by atoms with Gasteiger partial charge in [-0.15, -0.1) is 0 Å². The molecule has 2 saturated heterocycles. The van der Waals surface area contributed by atoms with Crippen LogP contribution in [0.3, 0.4) is 0 Å². The first kappa shape index (κ1) is 30.5. The number of aliphatic carboxylic acids is 1. The lowest BCUT2D eigenvalue weighted by Gasteiger charge is -2.44. The van der Waals surface area contributed by atoms with E-state index in [4.69, 9.17) is 23.3 Å². The number of anilines is 1. The van der Waals surface area contributed by atoms with Gasteiger partial charge in [-0.05, 0) is 19.9 Å². The van der Waals surface area contributed by atoms with E-state index in [1.807, 2.05) is 0 Å². The van der Waals surface area contributed by atoms with Gasteiger partial charge in [0.2, 0.25) is 0 Å². The van der Waals surface area contributed by atoms with Gasteiger partial charge >= 0.3 is 19.5 Å². The highest BCUT2D eigenvalue weighted by molar-refractivity contribution is 7.47. The molecule has 1 aromatic heterocycles. The molecule has 3 rings (SSSR count). The van der Waals surface area contributed by atoms with Gasteiger partial charge in [0.15, 0.2) is 6.23 Å². The molecule has 8 unspecified atom stereocenters. The monoisotopic (exact) mass is 568 g/mol. The van der Waals surface area contributed by atoms with E-state index in [2.05, 4.69) is 15.6 Å². The molecule has 10 atom stereocenters. The minimum atomic E-state index is -5.19. The zero-order valence-corrected chi connectivity index (χ0v) is 21.9. The van der Waals surface area contributed by atoms with Gasteiger partial charge in [0.05, 0.1) is 24.9 Å². The van der Waals surface area contributed by atoms with Gasteiger partial charge < -0.3 is 44.8 Å². The normalized spacial score (nSPS) is 35.9. The minimum absolute atomic E-state index is 0.282. The van der Waals surface area contributed by atoms with Gasteiger partial charge in [-0.25, -0.2) is 18.7 Å². The molecule has 38 heavy (non-hydrogen) atoms. The van der Waals surface area contributed by atoms with Crippen molar-refractivity contribution in [2.75, 3.05) is 26.1 Å². The molecule has 0 aromatic carbocycles. The van der Waals surface area contributed by atoms with Crippen LogP contribution in [0.4, 0.5) is 5.82 Å². The number of nitrogens with one attached hydrogen (secondary N) is 2. The van der Waals surface area contributed by atoms with Gasteiger partial charge in [0.1, 0.15) is 30.4 Å². The number of phosphoric acid groups is 1. The lowest BCUT2D eigenvalue weighted by atomic mass is 9.94. The molecule has 0 radical (unpaired) electrons. The fourth-order valence-corrected chi connectivity index (χ4v) is 5.35. The Morgan fingerprint density at radius 1 is 1.42 bits per heavy atom. The Morgan fingerprint density at radius 2 is 2.11 bits per heavy atom. The van der Waals surface area contributed by atoms with Crippen LogP contribution in [0.15, 0.2) is 17.1 Å². The van der Waals surface area contributed by atoms with Crippen LogP contribution in [0.25, 0.3) is 0 Å². The van der Waals surface area contributed by atoms with Crippen molar-refractivity contribution in [2.24, 2.45) is 0 Å². The predicted molar refractivity (Wildman–Crippen MR) is 126 cm³/mol. The summed E-state index contributed by atoms with van der Waals surface area (Å²) in [5.41, 5.74) is -0.748. The smallest absolute Gasteiger partial charge is 0.475 e. The highest BCUT2D eigenvalue weighted by atomic mass is 31.2.